The maximum absolute atomic E-state index is 10.7. The molecule has 0 rings (SSSR count). The lowest BCUT2D eigenvalue weighted by Gasteiger charge is -2.15. The number of rotatable bonds is 7. The van der Waals surface area contributed by atoms with Gasteiger partial charge in [-0.1, -0.05) is 6.08 Å². The molecule has 0 aromatic rings. The Kier molecular flexibility index (Phi) is 6.81. The molecule has 6 heteroatoms. The average molecular weight is 233 g/mol. The molecule has 5 nitrogen and oxygen atoms in total. The van der Waals surface area contributed by atoms with Crippen molar-refractivity contribution in [2.75, 3.05) is 12.4 Å². The lowest BCUT2D eigenvalue weighted by atomic mass is 10.3. The highest BCUT2D eigenvalue weighted by Gasteiger charge is 2.19. The predicted octanol–water partition coefficient (Wildman–Crippen LogP) is -0.144. The minimum atomic E-state index is -1.08. The third-order valence-electron chi connectivity index (χ3n) is 1.60. The second kappa shape index (κ2) is 7.30. The summed E-state index contributed by atoms with van der Waals surface area (Å²) in [4.78, 5) is 21.4. The van der Waals surface area contributed by atoms with Gasteiger partial charge in [0.25, 0.3) is 0 Å². The summed E-state index contributed by atoms with van der Waals surface area (Å²) < 4.78 is 0. The molecule has 0 heterocycles. The van der Waals surface area contributed by atoms with Crippen LogP contribution in [0.25, 0.3) is 0 Å². The number of aliphatic hydroxyl groups is 1. The molecule has 0 bridgehead atoms. The van der Waals surface area contributed by atoms with Gasteiger partial charge >= 0.3 is 5.97 Å². The van der Waals surface area contributed by atoms with E-state index in [-0.39, 0.29) is 23.5 Å². The zero-order chi connectivity index (χ0) is 11.8. The molecule has 0 saturated heterocycles. The summed E-state index contributed by atoms with van der Waals surface area (Å²) >= 11 is 1.24. The maximum atomic E-state index is 10.7. The fourth-order valence-electron chi connectivity index (χ4n) is 0.835. The number of amides is 1. The van der Waals surface area contributed by atoms with Crippen molar-refractivity contribution in [2.45, 2.75) is 18.2 Å². The van der Waals surface area contributed by atoms with Crippen LogP contribution in [-0.4, -0.2) is 45.7 Å². The first-order valence-electron chi connectivity index (χ1n) is 4.36. The van der Waals surface area contributed by atoms with Gasteiger partial charge in [0.2, 0.25) is 5.91 Å². The fourth-order valence-corrected chi connectivity index (χ4v) is 1.74. The summed E-state index contributed by atoms with van der Waals surface area (Å²) in [5, 5.41) is 19.7. The number of carbonyl (C=O) groups is 2. The van der Waals surface area contributed by atoms with Crippen LogP contribution in [0, 0.1) is 0 Å². The monoisotopic (exact) mass is 233 g/mol. The minimum absolute atomic E-state index is 0.0966. The molecule has 0 aliphatic rings. The lowest BCUT2D eigenvalue weighted by molar-refractivity contribution is -0.140. The molecule has 15 heavy (non-hydrogen) atoms. The van der Waals surface area contributed by atoms with Gasteiger partial charge in [0.05, 0.1) is 6.61 Å². The fraction of sp³-hybridized carbons (Fsp3) is 0.556. The molecule has 0 radical (unpaired) electrons. The molecular formula is C9H15NO4S. The Bertz CT molecular complexity index is 244. The van der Waals surface area contributed by atoms with E-state index in [1.165, 1.54) is 24.8 Å². The van der Waals surface area contributed by atoms with Crippen LogP contribution in [0.4, 0.5) is 0 Å². The molecule has 0 aromatic carbocycles. The van der Waals surface area contributed by atoms with E-state index >= 15 is 0 Å². The topological polar surface area (TPSA) is 86.6 Å². The Labute approximate surface area is 92.6 Å². The van der Waals surface area contributed by atoms with E-state index in [2.05, 4.69) is 11.9 Å². The Morgan fingerprint density at radius 3 is 2.53 bits per heavy atom. The van der Waals surface area contributed by atoms with Gasteiger partial charge in [-0.15, -0.1) is 18.3 Å². The van der Waals surface area contributed by atoms with Crippen LogP contribution in [0.5, 0.6) is 0 Å². The third kappa shape index (κ3) is 6.14. The minimum Gasteiger partial charge on any atom is -0.480 e. The van der Waals surface area contributed by atoms with Crippen molar-refractivity contribution >= 4 is 23.6 Å². The smallest absolute Gasteiger partial charge is 0.327 e. The molecule has 1 amide bonds. The molecule has 3 N–H and O–H groups in total. The normalized spacial score (nSPS) is 14.0. The average Bonchev–Trinajstić information content (AvgIpc) is 2.16. The van der Waals surface area contributed by atoms with Crippen molar-refractivity contribution in [2.24, 2.45) is 0 Å². The number of hydrogen-bond acceptors (Lipinski definition) is 4. The lowest BCUT2D eigenvalue weighted by Crippen LogP contribution is -2.41. The zero-order valence-electron chi connectivity index (χ0n) is 8.47. The Morgan fingerprint density at radius 1 is 1.60 bits per heavy atom. The summed E-state index contributed by atoms with van der Waals surface area (Å²) in [6.07, 6.45) is 1.54. The van der Waals surface area contributed by atoms with Gasteiger partial charge in [0, 0.05) is 17.9 Å². The van der Waals surface area contributed by atoms with Crippen LogP contribution >= 0.6 is 11.8 Å². The van der Waals surface area contributed by atoms with Crippen molar-refractivity contribution in [1.82, 2.24) is 5.32 Å². The van der Waals surface area contributed by atoms with Gasteiger partial charge in [-0.3, -0.25) is 4.79 Å². The summed E-state index contributed by atoms with van der Waals surface area (Å²) in [7, 11) is 0. The summed E-state index contributed by atoms with van der Waals surface area (Å²) in [5.41, 5.74) is 0. The van der Waals surface area contributed by atoms with Crippen LogP contribution < -0.4 is 5.32 Å². The van der Waals surface area contributed by atoms with E-state index in [1.807, 2.05) is 0 Å². The van der Waals surface area contributed by atoms with E-state index in [0.29, 0.717) is 0 Å². The highest BCUT2D eigenvalue weighted by molar-refractivity contribution is 8.00. The van der Waals surface area contributed by atoms with Crippen LogP contribution in [0.3, 0.4) is 0 Å². The molecule has 0 saturated carbocycles. The van der Waals surface area contributed by atoms with Crippen LogP contribution in [0.15, 0.2) is 12.7 Å². The van der Waals surface area contributed by atoms with Gasteiger partial charge in [-0.25, -0.2) is 4.79 Å². The number of hydrogen-bond donors (Lipinski definition) is 3. The first kappa shape index (κ1) is 14.0. The van der Waals surface area contributed by atoms with Crippen molar-refractivity contribution in [1.29, 1.82) is 0 Å². The molecule has 86 valence electrons. The molecule has 2 atom stereocenters. The van der Waals surface area contributed by atoms with Gasteiger partial charge in [-0.2, -0.15) is 0 Å². The van der Waals surface area contributed by atoms with Crippen LogP contribution in [0.2, 0.25) is 0 Å². The van der Waals surface area contributed by atoms with Gasteiger partial charge in [-0.05, 0) is 0 Å². The van der Waals surface area contributed by atoms with Crippen molar-refractivity contribution in [3.05, 3.63) is 12.7 Å². The van der Waals surface area contributed by atoms with E-state index in [0.717, 1.165) is 0 Å². The molecule has 0 aromatic heterocycles. The molecule has 0 spiro atoms. The highest BCUT2D eigenvalue weighted by Crippen LogP contribution is 2.12. The molecule has 0 aliphatic carbocycles. The summed E-state index contributed by atoms with van der Waals surface area (Å²) in [5.74, 6) is -1.27. The van der Waals surface area contributed by atoms with Gasteiger partial charge in [0.1, 0.15) is 6.04 Å². The third-order valence-corrected chi connectivity index (χ3v) is 2.89. The highest BCUT2D eigenvalue weighted by atomic mass is 32.2. The van der Waals surface area contributed by atoms with Crippen molar-refractivity contribution in [3.63, 3.8) is 0 Å². The number of aliphatic carboxylic acids is 1. The van der Waals surface area contributed by atoms with E-state index in [9.17, 15) is 9.59 Å². The second-order valence-electron chi connectivity index (χ2n) is 2.88. The van der Waals surface area contributed by atoms with E-state index in [4.69, 9.17) is 10.2 Å². The maximum Gasteiger partial charge on any atom is 0.327 e. The Hall–Kier alpha value is -1.01. The number of carboxylic acids is 1. The standard InChI is InChI=1S/C9H15NO4S/c1-3-7(4-11)15-5-8(9(13)14)10-6(2)12/h3,7-8,11H,1,4-5H2,2H3,(H,10,12)(H,13,14)/t7-,8-/m0/s1. The summed E-state index contributed by atoms with van der Waals surface area (Å²) in [6.45, 7) is 4.66. The molecular weight excluding hydrogens is 218 g/mol. The second-order valence-corrected chi connectivity index (χ2v) is 4.15. The Morgan fingerprint density at radius 2 is 2.20 bits per heavy atom. The van der Waals surface area contributed by atoms with Crippen molar-refractivity contribution in [3.8, 4) is 0 Å². The SMILES string of the molecule is C=C[C@@H](CO)SC[C@H](NC(C)=O)C(=O)O. The zero-order valence-corrected chi connectivity index (χ0v) is 9.29. The summed E-state index contributed by atoms with van der Waals surface area (Å²) in [6, 6.07) is -0.929. The molecule has 0 aliphatic heterocycles. The van der Waals surface area contributed by atoms with E-state index in [1.54, 1.807) is 0 Å². The molecule has 0 fully saturated rings. The van der Waals surface area contributed by atoms with Gasteiger partial charge in [0.15, 0.2) is 0 Å². The number of carboxylic acid groups (broad SMARTS) is 1. The van der Waals surface area contributed by atoms with E-state index < -0.39 is 12.0 Å². The largest absolute Gasteiger partial charge is 0.480 e. The first-order valence-corrected chi connectivity index (χ1v) is 5.41. The first-order chi connectivity index (χ1) is 7.01. The van der Waals surface area contributed by atoms with Crippen molar-refractivity contribution < 1.29 is 19.8 Å². The molecule has 0 unspecified atom stereocenters. The number of nitrogens with one attached hydrogen (secondary N) is 1. The van der Waals surface area contributed by atoms with Crippen LogP contribution in [0.1, 0.15) is 6.92 Å². The quantitative estimate of drug-likeness (QED) is 0.533. The van der Waals surface area contributed by atoms with Gasteiger partial charge < -0.3 is 15.5 Å². The predicted molar refractivity (Wildman–Crippen MR) is 58.8 cm³/mol. The number of carbonyl (C=O) groups excluding carboxylic acids is 1. The number of thioether (sulfide) groups is 1. The number of aliphatic hydroxyl groups excluding tert-OH is 1. The van der Waals surface area contributed by atoms with Crippen LogP contribution in [-0.2, 0) is 9.59 Å². The Balaban J connectivity index is 4.11.